The highest BCUT2D eigenvalue weighted by Crippen LogP contribution is 2.25. The number of fused-ring (bicyclic) bond motifs is 1. The molecule has 24 heavy (non-hydrogen) atoms. The number of nitrogens with two attached hydrogens (primary N) is 1. The van der Waals surface area contributed by atoms with E-state index < -0.39 is 6.03 Å². The van der Waals surface area contributed by atoms with Crippen LogP contribution in [0.2, 0.25) is 0 Å². The highest BCUT2D eigenvalue weighted by Gasteiger charge is 2.12. The minimum Gasteiger partial charge on any atom is -0.351 e. The molecule has 0 radical (unpaired) electrons. The van der Waals surface area contributed by atoms with E-state index in [9.17, 15) is 9.59 Å². The normalized spacial score (nSPS) is 11.1. The average Bonchev–Trinajstić information content (AvgIpc) is 2.86. The van der Waals surface area contributed by atoms with Crippen LogP contribution in [0.3, 0.4) is 0 Å². The van der Waals surface area contributed by atoms with Crippen LogP contribution >= 0.6 is 11.8 Å². The molecule has 1 heterocycles. The summed E-state index contributed by atoms with van der Waals surface area (Å²) in [4.78, 5) is 26.7. The zero-order valence-corrected chi connectivity index (χ0v) is 14.9. The molecule has 0 bridgehead atoms. The third kappa shape index (κ3) is 5.26. The van der Waals surface area contributed by atoms with Crippen molar-refractivity contribution >= 4 is 34.7 Å². The molecule has 0 aliphatic rings. The Balaban J connectivity index is 1.98. The first kappa shape index (κ1) is 18.3. The summed E-state index contributed by atoms with van der Waals surface area (Å²) >= 11 is 1.64. The van der Waals surface area contributed by atoms with E-state index >= 15 is 0 Å². The topological polar surface area (TPSA) is 90.0 Å². The van der Waals surface area contributed by atoms with E-state index in [1.54, 1.807) is 11.8 Å². The number of rotatable bonds is 8. The summed E-state index contributed by atoms with van der Waals surface area (Å²) in [6, 6.07) is 7.32. The number of aryl methyl sites for hydroxylation is 1. The summed E-state index contributed by atoms with van der Waals surface area (Å²) in [5, 5.41) is 3.06. The minimum absolute atomic E-state index is 0.280. The summed E-state index contributed by atoms with van der Waals surface area (Å²) in [5.74, 6) is 1.05. The number of carbonyl (C=O) groups excluding carboxylic acids is 2. The molecule has 6 nitrogen and oxygen atoms in total. The van der Waals surface area contributed by atoms with Crippen molar-refractivity contribution < 1.29 is 9.59 Å². The van der Waals surface area contributed by atoms with Crippen LogP contribution in [0.4, 0.5) is 4.79 Å². The second-order valence-corrected chi connectivity index (χ2v) is 7.14. The quantitative estimate of drug-likeness (QED) is 0.566. The van der Waals surface area contributed by atoms with Gasteiger partial charge in [0.15, 0.2) is 5.16 Å². The molecule has 3 amide bonds. The molecule has 2 rings (SSSR count). The fourth-order valence-electron chi connectivity index (χ4n) is 2.36. The number of benzene rings is 1. The molecular formula is C17H24N4O2S. The number of primary amides is 1. The number of urea groups is 1. The van der Waals surface area contributed by atoms with E-state index in [0.717, 1.165) is 34.9 Å². The fraction of sp³-hybridized carbons (Fsp3) is 0.471. The van der Waals surface area contributed by atoms with Crippen molar-refractivity contribution in [2.45, 2.75) is 44.8 Å². The second-order valence-electron chi connectivity index (χ2n) is 6.08. The van der Waals surface area contributed by atoms with Crippen LogP contribution in [-0.4, -0.2) is 27.2 Å². The maximum absolute atomic E-state index is 11.4. The molecule has 0 saturated carbocycles. The number of nitrogens with one attached hydrogen (secondary N) is 1. The molecule has 3 N–H and O–H groups in total. The summed E-state index contributed by atoms with van der Waals surface area (Å²) in [6.45, 7) is 5.36. The van der Waals surface area contributed by atoms with Gasteiger partial charge in [0.2, 0.25) is 5.91 Å². The first-order valence-corrected chi connectivity index (χ1v) is 9.13. The van der Waals surface area contributed by atoms with Gasteiger partial charge in [-0.3, -0.25) is 10.1 Å². The number of carbonyl (C=O) groups is 2. The Bertz CT molecular complexity index is 712. The molecule has 0 aliphatic heterocycles. The molecule has 1 aromatic heterocycles. The van der Waals surface area contributed by atoms with E-state index in [1.165, 1.54) is 0 Å². The maximum Gasteiger partial charge on any atom is 0.318 e. The first-order valence-electron chi connectivity index (χ1n) is 8.14. The lowest BCUT2D eigenvalue weighted by Crippen LogP contribution is -2.34. The third-order valence-electron chi connectivity index (χ3n) is 3.59. The molecule has 0 atom stereocenters. The number of amides is 3. The molecule has 0 unspecified atom stereocenters. The van der Waals surface area contributed by atoms with Crippen LogP contribution in [0.5, 0.6) is 0 Å². The van der Waals surface area contributed by atoms with E-state index in [4.69, 9.17) is 10.7 Å². The number of nitrogens with zero attached hydrogens (tertiary/aromatic N) is 2. The van der Waals surface area contributed by atoms with Crippen molar-refractivity contribution in [1.29, 1.82) is 0 Å². The van der Waals surface area contributed by atoms with Gasteiger partial charge in [-0.1, -0.05) is 37.7 Å². The lowest BCUT2D eigenvalue weighted by Gasteiger charge is -2.10. The van der Waals surface area contributed by atoms with Gasteiger partial charge in [0.25, 0.3) is 0 Å². The molecule has 0 spiro atoms. The van der Waals surface area contributed by atoms with Crippen molar-refractivity contribution in [2.24, 2.45) is 11.7 Å². The van der Waals surface area contributed by atoms with E-state index in [0.29, 0.717) is 12.3 Å². The van der Waals surface area contributed by atoms with Gasteiger partial charge in [0.1, 0.15) is 0 Å². The van der Waals surface area contributed by atoms with Crippen molar-refractivity contribution in [3.8, 4) is 0 Å². The highest BCUT2D eigenvalue weighted by atomic mass is 32.2. The van der Waals surface area contributed by atoms with E-state index in [2.05, 4.69) is 29.8 Å². The van der Waals surface area contributed by atoms with Crippen LogP contribution < -0.4 is 11.1 Å². The zero-order chi connectivity index (χ0) is 17.5. The predicted octanol–water partition coefficient (Wildman–Crippen LogP) is 3.15. The maximum atomic E-state index is 11.4. The van der Waals surface area contributed by atoms with Crippen molar-refractivity contribution in [3.05, 3.63) is 24.3 Å². The SMILES string of the molecule is CC(C)CCn1c(SCCCC(=O)NC(N)=O)nc2ccccc21. The average molecular weight is 348 g/mol. The van der Waals surface area contributed by atoms with Crippen molar-refractivity contribution in [3.63, 3.8) is 0 Å². The molecule has 7 heteroatoms. The molecule has 0 aliphatic carbocycles. The van der Waals surface area contributed by atoms with Crippen LogP contribution in [0.25, 0.3) is 11.0 Å². The Morgan fingerprint density at radius 1 is 1.33 bits per heavy atom. The number of thioether (sulfide) groups is 1. The number of aromatic nitrogens is 2. The molecular weight excluding hydrogens is 324 g/mol. The summed E-state index contributed by atoms with van der Waals surface area (Å²) in [6.07, 6.45) is 2.04. The van der Waals surface area contributed by atoms with Gasteiger partial charge in [-0.05, 0) is 30.9 Å². The van der Waals surface area contributed by atoms with Gasteiger partial charge in [0.05, 0.1) is 11.0 Å². The summed E-state index contributed by atoms with van der Waals surface area (Å²) in [5.41, 5.74) is 7.06. The van der Waals surface area contributed by atoms with Crippen LogP contribution in [-0.2, 0) is 11.3 Å². The number of imide groups is 1. The van der Waals surface area contributed by atoms with Gasteiger partial charge >= 0.3 is 6.03 Å². The highest BCUT2D eigenvalue weighted by molar-refractivity contribution is 7.99. The van der Waals surface area contributed by atoms with Crippen LogP contribution in [0.15, 0.2) is 29.4 Å². The Labute approximate surface area is 146 Å². The third-order valence-corrected chi connectivity index (χ3v) is 4.65. The van der Waals surface area contributed by atoms with E-state index in [-0.39, 0.29) is 12.3 Å². The number of para-hydroxylation sites is 2. The molecule has 130 valence electrons. The van der Waals surface area contributed by atoms with Crippen molar-refractivity contribution in [2.75, 3.05) is 5.75 Å². The van der Waals surface area contributed by atoms with Crippen LogP contribution in [0.1, 0.15) is 33.1 Å². The Kier molecular flexibility index (Phi) is 6.66. The van der Waals surface area contributed by atoms with Gasteiger partial charge in [-0.2, -0.15) is 0 Å². The molecule has 2 aromatic rings. The number of hydrogen-bond donors (Lipinski definition) is 2. The fourth-order valence-corrected chi connectivity index (χ4v) is 3.34. The Morgan fingerprint density at radius 2 is 2.08 bits per heavy atom. The Hall–Kier alpha value is -2.02. The second kappa shape index (κ2) is 8.73. The Morgan fingerprint density at radius 3 is 2.79 bits per heavy atom. The van der Waals surface area contributed by atoms with Gasteiger partial charge < -0.3 is 10.3 Å². The summed E-state index contributed by atoms with van der Waals surface area (Å²) in [7, 11) is 0. The zero-order valence-electron chi connectivity index (χ0n) is 14.1. The van der Waals surface area contributed by atoms with Crippen LogP contribution in [0, 0.1) is 5.92 Å². The lowest BCUT2D eigenvalue weighted by molar-refractivity contribution is -0.119. The predicted molar refractivity (Wildman–Crippen MR) is 96.9 cm³/mol. The number of hydrogen-bond acceptors (Lipinski definition) is 4. The standard InChI is InChI=1S/C17H24N4O2S/c1-12(2)9-10-21-14-7-4-3-6-13(14)19-17(21)24-11-5-8-15(22)20-16(18)23/h3-4,6-7,12H,5,8-11H2,1-2H3,(H3,18,20,22,23). The summed E-state index contributed by atoms with van der Waals surface area (Å²) < 4.78 is 2.25. The van der Waals surface area contributed by atoms with Crippen molar-refractivity contribution in [1.82, 2.24) is 14.9 Å². The lowest BCUT2D eigenvalue weighted by atomic mass is 10.1. The van der Waals surface area contributed by atoms with Gasteiger partial charge in [-0.25, -0.2) is 9.78 Å². The molecule has 0 saturated heterocycles. The number of imidazole rings is 1. The molecule has 0 fully saturated rings. The monoisotopic (exact) mass is 348 g/mol. The van der Waals surface area contributed by atoms with E-state index in [1.807, 2.05) is 18.2 Å². The van der Waals surface area contributed by atoms with Gasteiger partial charge in [-0.15, -0.1) is 0 Å². The minimum atomic E-state index is -0.803. The smallest absolute Gasteiger partial charge is 0.318 e. The largest absolute Gasteiger partial charge is 0.351 e. The first-order chi connectivity index (χ1) is 11.5. The molecule has 1 aromatic carbocycles. The van der Waals surface area contributed by atoms with Gasteiger partial charge in [0, 0.05) is 18.7 Å².